The van der Waals surface area contributed by atoms with Crippen molar-refractivity contribution in [1.29, 1.82) is 0 Å². The summed E-state index contributed by atoms with van der Waals surface area (Å²) >= 11 is 0. The van der Waals surface area contributed by atoms with Crippen molar-refractivity contribution in [2.75, 3.05) is 26.2 Å². The number of hydrogen-bond acceptors (Lipinski definition) is 10. The van der Waals surface area contributed by atoms with Crippen molar-refractivity contribution in [1.82, 2.24) is 31.2 Å². The maximum absolute atomic E-state index is 12.3. The first kappa shape index (κ1) is 47.7. The number of amides is 4. The highest BCUT2D eigenvalue weighted by Gasteiger charge is 2.21. The van der Waals surface area contributed by atoms with Crippen molar-refractivity contribution < 1.29 is 63.9 Å². The van der Waals surface area contributed by atoms with E-state index in [1.54, 1.807) is 30.2 Å². The van der Waals surface area contributed by atoms with Crippen LogP contribution in [0.1, 0.15) is 96.1 Å². The Morgan fingerprint density at radius 1 is 0.679 bits per heavy atom. The largest absolute Gasteiger partial charge is 0.481 e. The van der Waals surface area contributed by atoms with Crippen LogP contribution in [-0.2, 0) is 40.1 Å². The van der Waals surface area contributed by atoms with Gasteiger partial charge in [0.05, 0.1) is 12.2 Å². The van der Waals surface area contributed by atoms with Crippen molar-refractivity contribution in [2.24, 2.45) is 0 Å². The van der Waals surface area contributed by atoms with Crippen LogP contribution in [0.15, 0.2) is 24.4 Å². The molecular weight excluding hydrogens is 700 g/mol. The van der Waals surface area contributed by atoms with Gasteiger partial charge in [-0.3, -0.25) is 33.9 Å². The smallest absolute Gasteiger partial charge is 0.326 e. The summed E-state index contributed by atoms with van der Waals surface area (Å²) in [4.78, 5) is 95.9. The summed E-state index contributed by atoms with van der Waals surface area (Å²) in [6.45, 7) is 1.92. The standard InChI is InChI=1S/C31H48N6O11.C3H6O2/c38-25(33-17-9-6-12-24(30(46)47)36-31(48)34-19-27(40)41)14-3-1-2-4-15-26(39)35-23(29(44)45)13-7-10-18-37(21-28(42)43)20-22-11-5-8-16-32-22;1-2-3(4)5/h5,8,11,16,23-24H,1-4,6-7,9-10,12-15,17-21H2,(H,33,38)(H,35,39)(H,40,41)(H,42,43)(H,44,45)(H,46,47)(H2,34,36,48);2H2,1H3,(H,4,5). The Morgan fingerprint density at radius 2 is 1.26 bits per heavy atom. The predicted molar refractivity (Wildman–Crippen MR) is 189 cm³/mol. The molecule has 1 rings (SSSR count). The lowest BCUT2D eigenvalue weighted by molar-refractivity contribution is -0.142. The molecule has 0 aliphatic carbocycles. The van der Waals surface area contributed by atoms with Crippen LogP contribution in [0.3, 0.4) is 0 Å². The van der Waals surface area contributed by atoms with Gasteiger partial charge in [0.25, 0.3) is 0 Å². The zero-order valence-corrected chi connectivity index (χ0v) is 30.1. The fourth-order valence-corrected chi connectivity index (χ4v) is 4.67. The minimum absolute atomic E-state index is 0.104. The summed E-state index contributed by atoms with van der Waals surface area (Å²) in [5.41, 5.74) is 0.733. The van der Waals surface area contributed by atoms with E-state index in [0.29, 0.717) is 71.0 Å². The third-order valence-electron chi connectivity index (χ3n) is 7.43. The molecule has 1 aromatic heterocycles. The maximum Gasteiger partial charge on any atom is 0.326 e. The number of aromatic nitrogens is 1. The van der Waals surface area contributed by atoms with Gasteiger partial charge in [0.2, 0.25) is 11.8 Å². The van der Waals surface area contributed by atoms with Crippen LogP contribution in [0.2, 0.25) is 0 Å². The Bertz CT molecular complexity index is 1300. The van der Waals surface area contributed by atoms with Crippen molar-refractivity contribution >= 4 is 47.7 Å². The molecule has 0 aliphatic heterocycles. The van der Waals surface area contributed by atoms with E-state index in [1.165, 1.54) is 0 Å². The summed E-state index contributed by atoms with van der Waals surface area (Å²) in [5.74, 6) is -5.90. The van der Waals surface area contributed by atoms with Gasteiger partial charge in [-0.15, -0.1) is 0 Å². The Hall–Kier alpha value is -5.33. The highest BCUT2D eigenvalue weighted by atomic mass is 16.4. The van der Waals surface area contributed by atoms with Gasteiger partial charge < -0.3 is 46.8 Å². The molecule has 0 saturated carbocycles. The SMILES string of the molecule is CCC(=O)O.O=C(O)CNC(=O)NC(CCCCNC(=O)CCCCCCC(=O)NC(CCCCN(CC(=O)O)Cc1ccccn1)C(=O)O)C(=O)O. The van der Waals surface area contributed by atoms with Crippen LogP contribution < -0.4 is 21.3 Å². The lowest BCUT2D eigenvalue weighted by Crippen LogP contribution is -2.47. The van der Waals surface area contributed by atoms with E-state index in [0.717, 1.165) is 5.69 Å². The lowest BCUT2D eigenvalue weighted by atomic mass is 10.1. The molecule has 0 aliphatic rings. The van der Waals surface area contributed by atoms with E-state index in [-0.39, 0.29) is 50.5 Å². The zero-order chi connectivity index (χ0) is 40.0. The van der Waals surface area contributed by atoms with E-state index in [9.17, 15) is 53.7 Å². The molecule has 19 nitrogen and oxygen atoms in total. The maximum atomic E-state index is 12.3. The van der Waals surface area contributed by atoms with Crippen LogP contribution in [0.4, 0.5) is 4.79 Å². The number of hydrogen-bond donors (Lipinski definition) is 9. The molecule has 1 heterocycles. The number of rotatable bonds is 28. The van der Waals surface area contributed by atoms with Crippen molar-refractivity contribution in [2.45, 2.75) is 109 Å². The molecule has 0 bridgehead atoms. The number of nitrogens with zero attached hydrogens (tertiary/aromatic N) is 2. The highest BCUT2D eigenvalue weighted by molar-refractivity contribution is 5.85. The third kappa shape index (κ3) is 28.0. The normalized spacial score (nSPS) is 11.6. The second-order valence-corrected chi connectivity index (χ2v) is 12.0. The van der Waals surface area contributed by atoms with E-state index in [2.05, 4.69) is 20.9 Å². The Balaban J connectivity index is 0.00000504. The van der Waals surface area contributed by atoms with Crippen molar-refractivity contribution in [3.05, 3.63) is 30.1 Å². The van der Waals surface area contributed by atoms with Gasteiger partial charge in [0.1, 0.15) is 18.6 Å². The predicted octanol–water partition coefficient (Wildman–Crippen LogP) is 1.65. The van der Waals surface area contributed by atoms with E-state index in [1.807, 2.05) is 11.4 Å². The molecule has 0 fully saturated rings. The summed E-state index contributed by atoms with van der Waals surface area (Å²) < 4.78 is 0. The van der Waals surface area contributed by atoms with E-state index >= 15 is 0 Å². The average Bonchev–Trinajstić information content (AvgIpc) is 3.09. The van der Waals surface area contributed by atoms with E-state index < -0.39 is 54.5 Å². The van der Waals surface area contributed by atoms with Gasteiger partial charge in [-0.25, -0.2) is 14.4 Å². The number of carbonyl (C=O) groups excluding carboxylic acids is 3. The summed E-state index contributed by atoms with van der Waals surface area (Å²) in [6.07, 6.45) is 7.02. The van der Waals surface area contributed by atoms with E-state index in [4.69, 9.17) is 10.2 Å². The molecule has 0 spiro atoms. The van der Waals surface area contributed by atoms with Crippen LogP contribution in [-0.4, -0.2) is 121 Å². The lowest BCUT2D eigenvalue weighted by Gasteiger charge is -2.20. The molecule has 53 heavy (non-hydrogen) atoms. The second-order valence-electron chi connectivity index (χ2n) is 12.0. The van der Waals surface area contributed by atoms with Crippen molar-refractivity contribution in [3.63, 3.8) is 0 Å². The fourth-order valence-electron chi connectivity index (χ4n) is 4.67. The number of carboxylic acids is 5. The van der Waals surface area contributed by atoms with Gasteiger partial charge in [0, 0.05) is 38.5 Å². The first-order valence-corrected chi connectivity index (χ1v) is 17.5. The molecule has 4 amide bonds. The monoisotopic (exact) mass is 754 g/mol. The number of urea groups is 1. The van der Waals surface area contributed by atoms with Gasteiger partial charge in [0.15, 0.2) is 0 Å². The first-order valence-electron chi connectivity index (χ1n) is 17.5. The van der Waals surface area contributed by atoms with Gasteiger partial charge in [-0.1, -0.05) is 25.8 Å². The Morgan fingerprint density at radius 3 is 1.79 bits per heavy atom. The number of carbonyl (C=O) groups is 8. The molecule has 9 N–H and O–H groups in total. The van der Waals surface area contributed by atoms with Crippen LogP contribution >= 0.6 is 0 Å². The molecule has 0 saturated heterocycles. The number of pyridine rings is 1. The highest BCUT2D eigenvalue weighted by Crippen LogP contribution is 2.09. The molecule has 2 atom stereocenters. The minimum Gasteiger partial charge on any atom is -0.481 e. The van der Waals surface area contributed by atoms with Crippen molar-refractivity contribution in [3.8, 4) is 0 Å². The first-order chi connectivity index (χ1) is 25.1. The summed E-state index contributed by atoms with van der Waals surface area (Å²) in [5, 5.41) is 53.7. The molecule has 0 radical (unpaired) electrons. The van der Waals surface area contributed by atoms with Crippen LogP contribution in [0.5, 0.6) is 0 Å². The summed E-state index contributed by atoms with van der Waals surface area (Å²) in [6, 6.07) is 2.26. The number of carboxylic acid groups (broad SMARTS) is 5. The average molecular weight is 755 g/mol. The van der Waals surface area contributed by atoms with Gasteiger partial charge in [-0.2, -0.15) is 0 Å². The Kier molecular flexibility index (Phi) is 26.3. The molecule has 0 aromatic carbocycles. The molecule has 298 valence electrons. The summed E-state index contributed by atoms with van der Waals surface area (Å²) in [7, 11) is 0. The second kappa shape index (κ2) is 29.3. The quantitative estimate of drug-likeness (QED) is 0.0550. The minimum atomic E-state index is -1.26. The zero-order valence-electron chi connectivity index (χ0n) is 30.1. The fraction of sp³-hybridized carbons (Fsp3) is 0.618. The molecule has 2 unspecified atom stereocenters. The molecule has 1 aromatic rings. The van der Waals surface area contributed by atoms with Gasteiger partial charge >= 0.3 is 35.9 Å². The topological polar surface area (TPSA) is 302 Å². The number of nitrogens with one attached hydrogen (secondary N) is 4. The Labute approximate surface area is 307 Å². The third-order valence-corrected chi connectivity index (χ3v) is 7.43. The van der Waals surface area contributed by atoms with Crippen LogP contribution in [0.25, 0.3) is 0 Å². The number of aliphatic carboxylic acids is 5. The molecule has 19 heteroatoms. The van der Waals surface area contributed by atoms with Crippen LogP contribution in [0, 0.1) is 0 Å². The number of unbranched alkanes of at least 4 members (excludes halogenated alkanes) is 5. The van der Waals surface area contributed by atoms with Gasteiger partial charge in [-0.05, 0) is 70.0 Å². The molecular formula is C34H54N6O13.